The number of nitrogens with one attached hydrogen (secondary N) is 2. The number of benzene rings is 4. The standard InChI is InChI=1S/C26H12N8O12/c35-23-13-3-5-15-22-16(26(38)30(25(15)37)28-18-8-2-12(32(41)42)10-20(18)34(45)46)6-4-14(21(13)22)24(36)29(23)27-17-7-1-11(31(39)40)9-19(17)33(43)44/h1-10,27-28H. The fraction of sp³-hybridized carbons (Fsp3) is 0. The van der Waals surface area contributed by atoms with Crippen LogP contribution >= 0.6 is 0 Å². The van der Waals surface area contributed by atoms with E-state index < -0.39 is 77.4 Å². The van der Waals surface area contributed by atoms with Gasteiger partial charge in [-0.25, -0.2) is 0 Å². The predicted molar refractivity (Wildman–Crippen MR) is 152 cm³/mol. The normalized spacial score (nSPS) is 13.6. The number of nitrogens with zero attached hydrogens (tertiary/aromatic N) is 6. The van der Waals surface area contributed by atoms with E-state index in [1.165, 1.54) is 24.3 Å². The second kappa shape index (κ2) is 10.1. The molecule has 2 heterocycles. The molecule has 228 valence electrons. The summed E-state index contributed by atoms with van der Waals surface area (Å²) in [5.74, 6) is -4.13. The van der Waals surface area contributed by atoms with Crippen molar-refractivity contribution in [3.05, 3.63) is 123 Å². The van der Waals surface area contributed by atoms with Crippen molar-refractivity contribution in [2.24, 2.45) is 0 Å². The summed E-state index contributed by atoms with van der Waals surface area (Å²) < 4.78 is 0. The zero-order chi connectivity index (χ0) is 33.2. The molecule has 0 aromatic heterocycles. The van der Waals surface area contributed by atoms with Crippen molar-refractivity contribution >= 4 is 68.5 Å². The van der Waals surface area contributed by atoms with Gasteiger partial charge in [0.2, 0.25) is 0 Å². The molecule has 0 radical (unpaired) electrons. The van der Waals surface area contributed by atoms with E-state index in [0.717, 1.165) is 24.3 Å². The van der Waals surface area contributed by atoms with Gasteiger partial charge in [-0.3, -0.25) is 70.5 Å². The Morgan fingerprint density at radius 2 is 0.761 bits per heavy atom. The summed E-state index contributed by atoms with van der Waals surface area (Å²) in [6, 6.07) is 9.69. The van der Waals surface area contributed by atoms with E-state index in [2.05, 4.69) is 10.9 Å². The highest BCUT2D eigenvalue weighted by atomic mass is 16.6. The molecular weight excluding hydrogens is 616 g/mol. The third kappa shape index (κ3) is 4.24. The van der Waals surface area contributed by atoms with E-state index in [1.54, 1.807) is 0 Å². The molecule has 4 aromatic rings. The molecular formula is C26H12N8O12. The van der Waals surface area contributed by atoms with E-state index in [-0.39, 0.29) is 33.0 Å². The summed E-state index contributed by atoms with van der Waals surface area (Å²) in [7, 11) is 0. The van der Waals surface area contributed by atoms with Crippen LogP contribution in [0, 0.1) is 40.5 Å². The highest BCUT2D eigenvalue weighted by molar-refractivity contribution is 6.33. The monoisotopic (exact) mass is 628 g/mol. The number of imide groups is 2. The third-order valence-corrected chi connectivity index (χ3v) is 7.14. The van der Waals surface area contributed by atoms with Crippen molar-refractivity contribution in [3.8, 4) is 0 Å². The van der Waals surface area contributed by atoms with Crippen molar-refractivity contribution in [1.29, 1.82) is 0 Å². The average molecular weight is 628 g/mol. The highest BCUT2D eigenvalue weighted by Gasteiger charge is 2.41. The first-order valence-corrected chi connectivity index (χ1v) is 12.6. The van der Waals surface area contributed by atoms with Crippen LogP contribution in [0.5, 0.6) is 0 Å². The van der Waals surface area contributed by atoms with Gasteiger partial charge in [-0.15, -0.1) is 0 Å². The smallest absolute Gasteiger partial charge is 0.282 e. The number of amides is 4. The molecule has 4 aromatic carbocycles. The second-order valence-electron chi connectivity index (χ2n) is 9.62. The maximum absolute atomic E-state index is 13.5. The number of carbonyl (C=O) groups excluding carboxylic acids is 4. The van der Waals surface area contributed by atoms with E-state index in [0.29, 0.717) is 22.2 Å². The van der Waals surface area contributed by atoms with Crippen LogP contribution in [0.3, 0.4) is 0 Å². The molecule has 4 amide bonds. The van der Waals surface area contributed by atoms with E-state index in [9.17, 15) is 59.6 Å². The number of hydrogen-bond acceptors (Lipinski definition) is 14. The van der Waals surface area contributed by atoms with Gasteiger partial charge in [0.25, 0.3) is 35.0 Å². The average Bonchev–Trinajstić information content (AvgIpc) is 3.02. The van der Waals surface area contributed by atoms with Crippen molar-refractivity contribution in [2.75, 3.05) is 10.9 Å². The van der Waals surface area contributed by atoms with Crippen molar-refractivity contribution < 1.29 is 38.9 Å². The van der Waals surface area contributed by atoms with Crippen LogP contribution in [-0.2, 0) is 0 Å². The number of nitro groups is 4. The molecule has 0 saturated heterocycles. The maximum Gasteiger partial charge on any atom is 0.300 e. The van der Waals surface area contributed by atoms with Crippen LogP contribution in [0.25, 0.3) is 10.8 Å². The zero-order valence-corrected chi connectivity index (χ0v) is 22.4. The number of rotatable bonds is 8. The molecule has 46 heavy (non-hydrogen) atoms. The van der Waals surface area contributed by atoms with Gasteiger partial charge in [0.15, 0.2) is 0 Å². The molecule has 6 rings (SSSR count). The first-order chi connectivity index (χ1) is 21.8. The highest BCUT2D eigenvalue weighted by Crippen LogP contribution is 2.39. The molecule has 0 bridgehead atoms. The van der Waals surface area contributed by atoms with Crippen LogP contribution in [-0.4, -0.2) is 53.3 Å². The minimum absolute atomic E-state index is 0.0797. The van der Waals surface area contributed by atoms with Gasteiger partial charge in [-0.1, -0.05) is 0 Å². The fourth-order valence-electron chi connectivity index (χ4n) is 5.08. The van der Waals surface area contributed by atoms with Crippen LogP contribution in [0.1, 0.15) is 41.4 Å². The number of non-ortho nitro benzene ring substituents is 2. The van der Waals surface area contributed by atoms with Gasteiger partial charge in [-0.2, -0.15) is 10.0 Å². The fourth-order valence-corrected chi connectivity index (χ4v) is 5.08. The van der Waals surface area contributed by atoms with Crippen molar-refractivity contribution in [2.45, 2.75) is 0 Å². The molecule has 0 saturated carbocycles. The molecule has 0 spiro atoms. The quantitative estimate of drug-likeness (QED) is 0.160. The Labute approximate surface area is 251 Å². The van der Waals surface area contributed by atoms with Crippen LogP contribution in [0.15, 0.2) is 60.7 Å². The number of nitro benzene ring substituents is 4. The Morgan fingerprint density at radius 1 is 0.457 bits per heavy atom. The van der Waals surface area contributed by atoms with E-state index >= 15 is 0 Å². The van der Waals surface area contributed by atoms with Crippen LogP contribution in [0.2, 0.25) is 0 Å². The molecule has 2 aliphatic rings. The zero-order valence-electron chi connectivity index (χ0n) is 22.4. The van der Waals surface area contributed by atoms with Crippen LogP contribution in [0.4, 0.5) is 34.1 Å². The van der Waals surface area contributed by atoms with Gasteiger partial charge in [-0.05, 0) is 36.4 Å². The lowest BCUT2D eigenvalue weighted by Crippen LogP contribution is -2.46. The molecule has 0 fully saturated rings. The van der Waals surface area contributed by atoms with E-state index in [1.807, 2.05) is 0 Å². The maximum atomic E-state index is 13.5. The largest absolute Gasteiger partial charge is 0.300 e. The lowest BCUT2D eigenvalue weighted by atomic mass is 9.86. The molecule has 20 heteroatoms. The van der Waals surface area contributed by atoms with Gasteiger partial charge >= 0.3 is 11.4 Å². The Kier molecular flexibility index (Phi) is 6.32. The van der Waals surface area contributed by atoms with Gasteiger partial charge in [0, 0.05) is 22.9 Å². The van der Waals surface area contributed by atoms with Crippen molar-refractivity contribution in [1.82, 2.24) is 10.0 Å². The molecule has 2 aliphatic heterocycles. The van der Waals surface area contributed by atoms with Gasteiger partial charge < -0.3 is 0 Å². The minimum atomic E-state index is -1.03. The Bertz CT molecular complexity index is 1960. The summed E-state index contributed by atoms with van der Waals surface area (Å²) in [5, 5.41) is 46.1. The summed E-state index contributed by atoms with van der Waals surface area (Å²) in [4.78, 5) is 95.7. The summed E-state index contributed by atoms with van der Waals surface area (Å²) in [5.41, 5.74) is 0.285. The summed E-state index contributed by atoms with van der Waals surface area (Å²) >= 11 is 0. The molecule has 0 atom stereocenters. The van der Waals surface area contributed by atoms with Crippen molar-refractivity contribution in [3.63, 3.8) is 0 Å². The number of carbonyl (C=O) groups is 4. The SMILES string of the molecule is O=C1c2ccc3c4c(ccc(c24)C(=O)N1Nc1ccc([N+](=O)[O-])cc1[N+](=O)[O-])C(=O)N(Nc1ccc([N+](=O)[O-])cc1[N+](=O)[O-])C3=O. The predicted octanol–water partition coefficient (Wildman–Crippen LogP) is 3.72. The van der Waals surface area contributed by atoms with Crippen LogP contribution < -0.4 is 10.9 Å². The second-order valence-corrected chi connectivity index (χ2v) is 9.62. The molecule has 0 aliphatic carbocycles. The molecule has 0 unspecified atom stereocenters. The molecule has 2 N–H and O–H groups in total. The number of hydrazine groups is 2. The van der Waals surface area contributed by atoms with E-state index in [4.69, 9.17) is 0 Å². The topological polar surface area (TPSA) is 271 Å². The Morgan fingerprint density at radius 3 is 1.02 bits per heavy atom. The Hall–Kier alpha value is -7.38. The minimum Gasteiger partial charge on any atom is -0.282 e. The number of hydrogen-bond donors (Lipinski definition) is 2. The molecule has 20 nitrogen and oxygen atoms in total. The van der Waals surface area contributed by atoms with Gasteiger partial charge in [0.05, 0.1) is 54.1 Å². The Balaban J connectivity index is 1.39. The van der Waals surface area contributed by atoms with Gasteiger partial charge in [0.1, 0.15) is 11.4 Å². The first kappa shape index (κ1) is 28.7. The summed E-state index contributed by atoms with van der Waals surface area (Å²) in [6.45, 7) is 0. The lowest BCUT2D eigenvalue weighted by molar-refractivity contribution is -0.393. The lowest BCUT2D eigenvalue weighted by Gasteiger charge is -2.32. The number of anilines is 2. The third-order valence-electron chi connectivity index (χ3n) is 7.14. The first-order valence-electron chi connectivity index (χ1n) is 12.6. The summed E-state index contributed by atoms with van der Waals surface area (Å²) in [6.07, 6.45) is 0.